The van der Waals surface area contributed by atoms with Crippen molar-refractivity contribution in [1.29, 1.82) is 0 Å². The fraction of sp³-hybridized carbons (Fsp3) is 0.350. The van der Waals surface area contributed by atoms with Crippen LogP contribution in [0.3, 0.4) is 0 Å². The molecule has 0 spiro atoms. The molecular formula is C20H23N3O3. The number of aromatic hydroxyl groups is 1. The van der Waals surface area contributed by atoms with E-state index in [2.05, 4.69) is 10.3 Å². The van der Waals surface area contributed by atoms with E-state index in [1.807, 2.05) is 24.3 Å². The molecule has 0 radical (unpaired) electrons. The second kappa shape index (κ2) is 8.47. The van der Waals surface area contributed by atoms with Crippen LogP contribution in [-0.4, -0.2) is 39.9 Å². The first-order valence-corrected chi connectivity index (χ1v) is 8.84. The van der Waals surface area contributed by atoms with Gasteiger partial charge in [-0.3, -0.25) is 14.6 Å². The number of aromatic nitrogens is 1. The highest BCUT2D eigenvalue weighted by molar-refractivity contribution is 5.89. The second-order valence-electron chi connectivity index (χ2n) is 6.59. The lowest BCUT2D eigenvalue weighted by atomic mass is 10.1. The number of phenolic OH excluding ortho intramolecular Hbond substituents is 1. The summed E-state index contributed by atoms with van der Waals surface area (Å²) in [5.74, 6) is -0.0605. The number of likely N-dealkylation sites (tertiary alicyclic amines) is 1. The molecule has 2 aromatic rings. The molecular weight excluding hydrogens is 330 g/mol. The zero-order valence-electron chi connectivity index (χ0n) is 14.6. The lowest BCUT2D eigenvalue weighted by Gasteiger charge is -2.16. The quantitative estimate of drug-likeness (QED) is 0.745. The normalized spacial score (nSPS) is 16.7. The van der Waals surface area contributed by atoms with Gasteiger partial charge in [-0.1, -0.05) is 12.1 Å². The molecule has 1 aliphatic rings. The Morgan fingerprint density at radius 3 is 2.62 bits per heavy atom. The number of pyridine rings is 1. The zero-order valence-corrected chi connectivity index (χ0v) is 14.6. The van der Waals surface area contributed by atoms with Crippen molar-refractivity contribution in [3.63, 3.8) is 0 Å². The maximum atomic E-state index is 12.3. The Hall–Kier alpha value is -2.89. The number of nitrogens with one attached hydrogen (secondary N) is 1. The maximum Gasteiger partial charge on any atom is 0.225 e. The van der Waals surface area contributed by atoms with E-state index in [9.17, 15) is 14.7 Å². The molecule has 136 valence electrons. The summed E-state index contributed by atoms with van der Waals surface area (Å²) in [5.41, 5.74) is 2.14. The van der Waals surface area contributed by atoms with Crippen LogP contribution in [0.2, 0.25) is 0 Å². The molecule has 2 N–H and O–H groups in total. The highest BCUT2D eigenvalue weighted by Gasteiger charge is 2.33. The molecule has 2 heterocycles. The minimum Gasteiger partial charge on any atom is -0.508 e. The highest BCUT2D eigenvalue weighted by Crippen LogP contribution is 2.20. The summed E-state index contributed by atoms with van der Waals surface area (Å²) < 4.78 is 0. The monoisotopic (exact) mass is 353 g/mol. The Balaban J connectivity index is 1.41. The maximum absolute atomic E-state index is 12.3. The summed E-state index contributed by atoms with van der Waals surface area (Å²) >= 11 is 0. The molecule has 1 aromatic carbocycles. The smallest absolute Gasteiger partial charge is 0.225 e. The van der Waals surface area contributed by atoms with E-state index in [0.717, 1.165) is 24.0 Å². The summed E-state index contributed by atoms with van der Waals surface area (Å²) in [6, 6.07) is 10.8. The van der Waals surface area contributed by atoms with Gasteiger partial charge in [-0.05, 0) is 48.2 Å². The van der Waals surface area contributed by atoms with E-state index in [-0.39, 0.29) is 29.9 Å². The number of phenols is 1. The van der Waals surface area contributed by atoms with Gasteiger partial charge in [-0.25, -0.2) is 0 Å². The van der Waals surface area contributed by atoms with Crippen molar-refractivity contribution < 1.29 is 14.7 Å². The van der Waals surface area contributed by atoms with Crippen LogP contribution in [0.4, 0.5) is 0 Å². The molecule has 1 fully saturated rings. The molecule has 0 aliphatic carbocycles. The van der Waals surface area contributed by atoms with Crippen LogP contribution in [0.1, 0.15) is 24.0 Å². The second-order valence-corrected chi connectivity index (χ2v) is 6.59. The van der Waals surface area contributed by atoms with E-state index >= 15 is 0 Å². The summed E-state index contributed by atoms with van der Waals surface area (Å²) in [5, 5.41) is 12.2. The first kappa shape index (κ1) is 17.9. The molecule has 3 rings (SSSR count). The molecule has 6 nitrogen and oxygen atoms in total. The third-order valence-electron chi connectivity index (χ3n) is 4.59. The number of carbonyl (C=O) groups excluding carboxylic acids is 2. The van der Waals surface area contributed by atoms with Crippen LogP contribution in [0.15, 0.2) is 48.8 Å². The van der Waals surface area contributed by atoms with Crippen LogP contribution in [0, 0.1) is 5.92 Å². The van der Waals surface area contributed by atoms with E-state index in [1.165, 1.54) is 0 Å². The van der Waals surface area contributed by atoms with Gasteiger partial charge < -0.3 is 15.3 Å². The molecule has 1 aliphatic heterocycles. The first-order chi connectivity index (χ1) is 12.6. The molecule has 0 bridgehead atoms. The van der Waals surface area contributed by atoms with Gasteiger partial charge in [0.25, 0.3) is 0 Å². The Morgan fingerprint density at radius 2 is 1.88 bits per heavy atom. The number of aryl methyl sites for hydroxylation is 1. The van der Waals surface area contributed by atoms with Crippen molar-refractivity contribution >= 4 is 11.8 Å². The number of benzene rings is 1. The molecule has 1 saturated heterocycles. The molecule has 1 aromatic heterocycles. The van der Waals surface area contributed by atoms with Gasteiger partial charge in [-0.15, -0.1) is 0 Å². The summed E-state index contributed by atoms with van der Waals surface area (Å²) in [7, 11) is 0. The van der Waals surface area contributed by atoms with Crippen molar-refractivity contribution in [2.45, 2.75) is 25.8 Å². The number of carbonyl (C=O) groups is 2. The Labute approximate surface area is 152 Å². The molecule has 26 heavy (non-hydrogen) atoms. The number of hydrogen-bond acceptors (Lipinski definition) is 4. The Morgan fingerprint density at radius 1 is 1.15 bits per heavy atom. The fourth-order valence-corrected chi connectivity index (χ4v) is 3.12. The largest absolute Gasteiger partial charge is 0.508 e. The van der Waals surface area contributed by atoms with Crippen LogP contribution < -0.4 is 5.32 Å². The van der Waals surface area contributed by atoms with Gasteiger partial charge in [0.2, 0.25) is 11.8 Å². The molecule has 1 atom stereocenters. The minimum absolute atomic E-state index is 0.0195. The van der Waals surface area contributed by atoms with Crippen LogP contribution in [-0.2, 0) is 22.6 Å². The minimum atomic E-state index is -0.280. The molecule has 0 saturated carbocycles. The van der Waals surface area contributed by atoms with E-state index < -0.39 is 0 Å². The van der Waals surface area contributed by atoms with Gasteiger partial charge in [0, 0.05) is 38.4 Å². The third kappa shape index (κ3) is 4.81. The van der Waals surface area contributed by atoms with Crippen molar-refractivity contribution in [2.24, 2.45) is 5.92 Å². The van der Waals surface area contributed by atoms with Gasteiger partial charge in [0.15, 0.2) is 0 Å². The van der Waals surface area contributed by atoms with Gasteiger partial charge >= 0.3 is 0 Å². The highest BCUT2D eigenvalue weighted by atomic mass is 16.3. The van der Waals surface area contributed by atoms with Crippen LogP contribution in [0.5, 0.6) is 5.75 Å². The number of amides is 2. The fourth-order valence-electron chi connectivity index (χ4n) is 3.12. The van der Waals surface area contributed by atoms with E-state index in [0.29, 0.717) is 19.6 Å². The standard InChI is InChI=1S/C20H23N3O3/c24-18-5-3-15(4-6-18)2-1-9-22-20(26)17-12-19(25)23(14-17)13-16-7-10-21-11-8-16/h3-8,10-11,17,24H,1-2,9,12-14H2,(H,22,26). The summed E-state index contributed by atoms with van der Waals surface area (Å²) in [6.45, 7) is 1.56. The summed E-state index contributed by atoms with van der Waals surface area (Å²) in [4.78, 5) is 30.2. The van der Waals surface area contributed by atoms with Crippen molar-refractivity contribution in [2.75, 3.05) is 13.1 Å². The first-order valence-electron chi connectivity index (χ1n) is 8.84. The van der Waals surface area contributed by atoms with Crippen LogP contribution >= 0.6 is 0 Å². The molecule has 1 unspecified atom stereocenters. The Bertz CT molecular complexity index is 747. The van der Waals surface area contributed by atoms with Gasteiger partial charge in [-0.2, -0.15) is 0 Å². The predicted molar refractivity (Wildman–Crippen MR) is 97.2 cm³/mol. The average molecular weight is 353 g/mol. The van der Waals surface area contributed by atoms with Gasteiger partial charge in [0.05, 0.1) is 5.92 Å². The van der Waals surface area contributed by atoms with Crippen molar-refractivity contribution in [3.8, 4) is 5.75 Å². The topological polar surface area (TPSA) is 82.5 Å². The predicted octanol–water partition coefficient (Wildman–Crippen LogP) is 1.88. The number of rotatable bonds is 7. The third-order valence-corrected chi connectivity index (χ3v) is 4.59. The SMILES string of the molecule is O=C(NCCCc1ccc(O)cc1)C1CC(=O)N(Cc2ccncc2)C1. The number of hydrogen-bond donors (Lipinski definition) is 2. The molecule has 6 heteroatoms. The zero-order chi connectivity index (χ0) is 18.4. The van der Waals surface area contributed by atoms with Crippen molar-refractivity contribution in [1.82, 2.24) is 15.2 Å². The lowest BCUT2D eigenvalue weighted by molar-refractivity contribution is -0.129. The Kier molecular flexibility index (Phi) is 5.84. The van der Waals surface area contributed by atoms with Crippen LogP contribution in [0.25, 0.3) is 0 Å². The number of nitrogens with zero attached hydrogens (tertiary/aromatic N) is 2. The van der Waals surface area contributed by atoms with E-state index in [4.69, 9.17) is 0 Å². The average Bonchev–Trinajstić information content (AvgIpc) is 3.01. The van der Waals surface area contributed by atoms with Gasteiger partial charge in [0.1, 0.15) is 5.75 Å². The lowest BCUT2D eigenvalue weighted by Crippen LogP contribution is -2.33. The molecule has 2 amide bonds. The van der Waals surface area contributed by atoms with Crippen molar-refractivity contribution in [3.05, 3.63) is 59.9 Å². The van der Waals surface area contributed by atoms with E-state index in [1.54, 1.807) is 29.4 Å². The summed E-state index contributed by atoms with van der Waals surface area (Å²) in [6.07, 6.45) is 5.33.